The highest BCUT2D eigenvalue weighted by atomic mass is 16.5. The van der Waals surface area contributed by atoms with E-state index in [9.17, 15) is 4.79 Å². The van der Waals surface area contributed by atoms with Crippen molar-refractivity contribution >= 4 is 17.3 Å². The molecule has 1 N–H and O–H groups in total. The normalized spacial score (nSPS) is 10.7. The third-order valence-corrected chi connectivity index (χ3v) is 5.03. The van der Waals surface area contributed by atoms with Crippen molar-refractivity contribution in [2.45, 2.75) is 34.2 Å². The van der Waals surface area contributed by atoms with E-state index in [2.05, 4.69) is 35.9 Å². The Morgan fingerprint density at radius 1 is 0.933 bits per heavy atom. The third-order valence-electron chi connectivity index (χ3n) is 5.03. The van der Waals surface area contributed by atoms with Crippen molar-refractivity contribution in [2.75, 3.05) is 50.1 Å². The Kier molecular flexibility index (Phi) is 9.48. The third kappa shape index (κ3) is 6.66. The molecule has 0 radical (unpaired) electrons. The van der Waals surface area contributed by atoms with Gasteiger partial charge in [0, 0.05) is 31.0 Å². The number of benzene rings is 2. The number of likely N-dealkylation sites (N-methyl/N-ethyl adjacent to an activating group) is 1. The molecule has 2 aromatic rings. The number of nitrogens with one attached hydrogen (secondary N) is 1. The first-order chi connectivity index (χ1) is 14.5. The average molecular weight is 414 g/mol. The van der Waals surface area contributed by atoms with E-state index in [1.54, 1.807) is 7.11 Å². The minimum atomic E-state index is -0.0228. The number of methoxy groups -OCH3 is 1. The Labute approximate surface area is 180 Å². The summed E-state index contributed by atoms with van der Waals surface area (Å²) in [5.74, 6) is 1.42. The maximum absolute atomic E-state index is 12.6. The lowest BCUT2D eigenvalue weighted by Crippen LogP contribution is -2.32. The highest BCUT2D eigenvalue weighted by molar-refractivity contribution is 5.92. The van der Waals surface area contributed by atoms with Crippen LogP contribution < -0.4 is 19.7 Å². The predicted octanol–water partition coefficient (Wildman–Crippen LogP) is 4.40. The van der Waals surface area contributed by atoms with Gasteiger partial charge in [0.25, 0.3) is 0 Å². The summed E-state index contributed by atoms with van der Waals surface area (Å²) in [6, 6.07) is 13.9. The molecule has 2 rings (SSSR count). The number of carbonyl (C=O) groups is 1. The van der Waals surface area contributed by atoms with Crippen LogP contribution in [0.4, 0.5) is 11.4 Å². The molecule has 0 atom stereocenters. The maximum Gasteiger partial charge on any atom is 0.238 e. The molecule has 2 aromatic carbocycles. The van der Waals surface area contributed by atoms with E-state index in [1.807, 2.05) is 49.4 Å². The Hall–Kier alpha value is -2.73. The van der Waals surface area contributed by atoms with E-state index >= 15 is 0 Å². The van der Waals surface area contributed by atoms with E-state index in [-0.39, 0.29) is 5.91 Å². The number of carbonyl (C=O) groups excluding carboxylic acids is 1. The minimum Gasteiger partial charge on any atom is -0.493 e. The van der Waals surface area contributed by atoms with Gasteiger partial charge in [-0.1, -0.05) is 13.0 Å². The molecular formula is C24H35N3O3. The molecule has 0 aromatic heterocycles. The first-order valence-corrected chi connectivity index (χ1v) is 10.7. The van der Waals surface area contributed by atoms with Gasteiger partial charge in [-0.3, -0.25) is 9.69 Å². The summed E-state index contributed by atoms with van der Waals surface area (Å²) in [5, 5.41) is 3.00. The van der Waals surface area contributed by atoms with E-state index < -0.39 is 0 Å². The van der Waals surface area contributed by atoms with Crippen LogP contribution in [0, 0.1) is 0 Å². The highest BCUT2D eigenvalue weighted by Gasteiger charge is 2.12. The second-order valence-corrected chi connectivity index (χ2v) is 6.99. The molecule has 0 aliphatic heterocycles. The molecule has 0 aliphatic carbocycles. The molecule has 0 aliphatic rings. The van der Waals surface area contributed by atoms with Crippen molar-refractivity contribution in [1.29, 1.82) is 0 Å². The van der Waals surface area contributed by atoms with E-state index in [4.69, 9.17) is 9.47 Å². The van der Waals surface area contributed by atoms with Gasteiger partial charge in [-0.2, -0.15) is 0 Å². The van der Waals surface area contributed by atoms with Gasteiger partial charge in [-0.15, -0.1) is 0 Å². The molecule has 0 saturated heterocycles. The van der Waals surface area contributed by atoms with Crippen LogP contribution in [-0.4, -0.2) is 50.7 Å². The van der Waals surface area contributed by atoms with Gasteiger partial charge in [0.1, 0.15) is 0 Å². The van der Waals surface area contributed by atoms with Crippen LogP contribution >= 0.6 is 0 Å². The number of hydrogen-bond donors (Lipinski definition) is 1. The summed E-state index contributed by atoms with van der Waals surface area (Å²) in [5.41, 5.74) is 3.06. The molecular weight excluding hydrogens is 378 g/mol. The lowest BCUT2D eigenvalue weighted by Gasteiger charge is -2.22. The van der Waals surface area contributed by atoms with Gasteiger partial charge in [0.05, 0.1) is 20.3 Å². The van der Waals surface area contributed by atoms with Crippen molar-refractivity contribution in [3.8, 4) is 11.5 Å². The largest absolute Gasteiger partial charge is 0.493 e. The number of hydrogen-bond acceptors (Lipinski definition) is 5. The summed E-state index contributed by atoms with van der Waals surface area (Å²) < 4.78 is 11.0. The summed E-state index contributed by atoms with van der Waals surface area (Å²) >= 11 is 0. The topological polar surface area (TPSA) is 54.0 Å². The zero-order valence-electron chi connectivity index (χ0n) is 18.9. The highest BCUT2D eigenvalue weighted by Crippen LogP contribution is 2.28. The van der Waals surface area contributed by atoms with Gasteiger partial charge in [-0.05, 0) is 69.3 Å². The molecule has 0 saturated carbocycles. The Bertz CT molecular complexity index is 789. The van der Waals surface area contributed by atoms with Crippen LogP contribution in [0.1, 0.15) is 33.3 Å². The smallest absolute Gasteiger partial charge is 0.238 e. The second-order valence-electron chi connectivity index (χ2n) is 6.99. The SMILES string of the molecule is CCOc1ccc(CN(CC)CC(=O)Nc2ccc(N(CC)CC)cc2)cc1OC. The van der Waals surface area contributed by atoms with Gasteiger partial charge >= 0.3 is 0 Å². The van der Waals surface area contributed by atoms with Crippen molar-refractivity contribution in [3.63, 3.8) is 0 Å². The fourth-order valence-corrected chi connectivity index (χ4v) is 3.37. The van der Waals surface area contributed by atoms with Crippen molar-refractivity contribution in [3.05, 3.63) is 48.0 Å². The zero-order chi connectivity index (χ0) is 21.9. The molecule has 6 nitrogen and oxygen atoms in total. The van der Waals surface area contributed by atoms with Crippen LogP contribution in [0.5, 0.6) is 11.5 Å². The molecule has 6 heteroatoms. The summed E-state index contributed by atoms with van der Waals surface area (Å²) in [6.07, 6.45) is 0. The number of ether oxygens (including phenoxy) is 2. The summed E-state index contributed by atoms with van der Waals surface area (Å²) in [4.78, 5) is 16.9. The Morgan fingerprint density at radius 2 is 1.63 bits per heavy atom. The Balaban J connectivity index is 1.96. The quantitative estimate of drug-likeness (QED) is 0.559. The summed E-state index contributed by atoms with van der Waals surface area (Å²) in [7, 11) is 1.64. The first-order valence-electron chi connectivity index (χ1n) is 10.7. The zero-order valence-corrected chi connectivity index (χ0v) is 18.9. The molecule has 0 fully saturated rings. The predicted molar refractivity (Wildman–Crippen MR) is 124 cm³/mol. The Morgan fingerprint density at radius 3 is 2.20 bits per heavy atom. The summed E-state index contributed by atoms with van der Waals surface area (Å²) in [6.45, 7) is 12.5. The van der Waals surface area contributed by atoms with Gasteiger partial charge < -0.3 is 19.7 Å². The lowest BCUT2D eigenvalue weighted by molar-refractivity contribution is -0.117. The van der Waals surface area contributed by atoms with Crippen LogP contribution in [0.15, 0.2) is 42.5 Å². The maximum atomic E-state index is 12.6. The monoisotopic (exact) mass is 413 g/mol. The van der Waals surface area contributed by atoms with Crippen LogP contribution in [0.25, 0.3) is 0 Å². The number of amides is 1. The van der Waals surface area contributed by atoms with Gasteiger partial charge in [-0.25, -0.2) is 0 Å². The average Bonchev–Trinajstić information content (AvgIpc) is 2.76. The van der Waals surface area contributed by atoms with Crippen molar-refractivity contribution in [1.82, 2.24) is 4.90 Å². The molecule has 0 spiro atoms. The van der Waals surface area contributed by atoms with Crippen molar-refractivity contribution in [2.24, 2.45) is 0 Å². The number of rotatable bonds is 12. The first kappa shape index (κ1) is 23.5. The fraction of sp³-hybridized carbons (Fsp3) is 0.458. The molecule has 0 heterocycles. The molecule has 0 unspecified atom stereocenters. The number of anilines is 2. The van der Waals surface area contributed by atoms with E-state index in [0.717, 1.165) is 42.3 Å². The fourth-order valence-electron chi connectivity index (χ4n) is 3.37. The molecule has 1 amide bonds. The van der Waals surface area contributed by atoms with Crippen LogP contribution in [0.2, 0.25) is 0 Å². The molecule has 0 bridgehead atoms. The second kappa shape index (κ2) is 12.1. The van der Waals surface area contributed by atoms with Gasteiger partial charge in [0.15, 0.2) is 11.5 Å². The van der Waals surface area contributed by atoms with E-state index in [1.165, 1.54) is 0 Å². The minimum absolute atomic E-state index is 0.0228. The van der Waals surface area contributed by atoms with Crippen LogP contribution in [-0.2, 0) is 11.3 Å². The van der Waals surface area contributed by atoms with Crippen molar-refractivity contribution < 1.29 is 14.3 Å². The van der Waals surface area contributed by atoms with E-state index in [0.29, 0.717) is 25.4 Å². The molecule has 30 heavy (non-hydrogen) atoms. The standard InChI is InChI=1S/C24H35N3O3/c1-6-26(17-19-10-15-22(30-9-4)23(16-19)29-5)18-24(28)25-20-11-13-21(14-12-20)27(7-2)8-3/h10-16H,6-9,17-18H2,1-5H3,(H,25,28). The van der Waals surface area contributed by atoms with Crippen LogP contribution in [0.3, 0.4) is 0 Å². The van der Waals surface area contributed by atoms with Gasteiger partial charge in [0.2, 0.25) is 5.91 Å². The number of nitrogens with zero attached hydrogens (tertiary/aromatic N) is 2. The lowest BCUT2D eigenvalue weighted by atomic mass is 10.2. The molecule has 164 valence electrons.